The van der Waals surface area contributed by atoms with E-state index in [9.17, 15) is 19.2 Å². The van der Waals surface area contributed by atoms with Crippen LogP contribution in [-0.2, 0) is 16.0 Å². The maximum atomic E-state index is 13.2. The minimum Gasteiger partial charge on any atom is -0.377 e. The van der Waals surface area contributed by atoms with Crippen molar-refractivity contribution in [2.45, 2.75) is 45.6 Å². The number of carbonyl (C=O) groups excluding carboxylic acids is 3. The molecule has 1 aromatic carbocycles. The minimum atomic E-state index is -0.631. The zero-order valence-corrected chi connectivity index (χ0v) is 21.1. The van der Waals surface area contributed by atoms with E-state index >= 15 is 0 Å². The van der Waals surface area contributed by atoms with Crippen LogP contribution in [0.4, 0.5) is 5.69 Å². The van der Waals surface area contributed by atoms with Gasteiger partial charge in [0.15, 0.2) is 0 Å². The van der Waals surface area contributed by atoms with Gasteiger partial charge in [-0.2, -0.15) is 0 Å². The Balaban J connectivity index is 1.55. The molecule has 4 rings (SSSR count). The van der Waals surface area contributed by atoms with Gasteiger partial charge in [-0.15, -0.1) is 11.3 Å². The van der Waals surface area contributed by atoms with Gasteiger partial charge in [0.2, 0.25) is 17.5 Å². The monoisotopic (exact) mass is 492 g/mol. The third kappa shape index (κ3) is 4.68. The number of piperidine rings is 1. The molecule has 35 heavy (non-hydrogen) atoms. The van der Waals surface area contributed by atoms with Crippen LogP contribution in [0.25, 0.3) is 10.9 Å². The van der Waals surface area contributed by atoms with Crippen molar-refractivity contribution < 1.29 is 14.4 Å². The Morgan fingerprint density at radius 1 is 1.26 bits per heavy atom. The second-order valence-electron chi connectivity index (χ2n) is 9.05. The lowest BCUT2D eigenvalue weighted by molar-refractivity contribution is -0.125. The van der Waals surface area contributed by atoms with Crippen molar-refractivity contribution in [3.63, 3.8) is 0 Å². The molecule has 2 aromatic heterocycles. The summed E-state index contributed by atoms with van der Waals surface area (Å²) in [6, 6.07) is 4.62. The van der Waals surface area contributed by atoms with Crippen LogP contribution in [0.3, 0.4) is 0 Å². The normalized spacial score (nSPS) is 15.8. The molecule has 8 nitrogen and oxygen atoms in total. The molecule has 3 heterocycles. The molecule has 1 N–H and O–H groups in total. The number of rotatable bonds is 7. The van der Waals surface area contributed by atoms with Gasteiger partial charge in [-0.25, -0.2) is 4.98 Å². The number of aromatic nitrogens is 2. The average Bonchev–Trinajstić information content (AvgIpc) is 3.21. The number of anilines is 1. The van der Waals surface area contributed by atoms with E-state index < -0.39 is 17.6 Å². The molecule has 1 aliphatic rings. The Bertz CT molecular complexity index is 1430. The van der Waals surface area contributed by atoms with Crippen molar-refractivity contribution in [1.29, 1.82) is 0 Å². The number of hydrogen-bond acceptors (Lipinski definition) is 7. The highest BCUT2D eigenvalue weighted by Gasteiger charge is 2.29. The first-order valence-corrected chi connectivity index (χ1v) is 12.3. The predicted molar refractivity (Wildman–Crippen MR) is 137 cm³/mol. The van der Waals surface area contributed by atoms with Gasteiger partial charge in [-0.05, 0) is 44.7 Å². The van der Waals surface area contributed by atoms with Crippen molar-refractivity contribution in [2.24, 2.45) is 0 Å². The van der Waals surface area contributed by atoms with Crippen LogP contribution in [0.5, 0.6) is 0 Å². The molecule has 1 saturated heterocycles. The van der Waals surface area contributed by atoms with E-state index in [1.54, 1.807) is 24.4 Å². The van der Waals surface area contributed by atoms with Crippen LogP contribution >= 0.6 is 11.3 Å². The molecule has 1 amide bonds. The summed E-state index contributed by atoms with van der Waals surface area (Å²) in [6.07, 6.45) is 1.42. The molecule has 1 aliphatic heterocycles. The zero-order chi connectivity index (χ0) is 25.4. The highest BCUT2D eigenvalue weighted by Crippen LogP contribution is 2.27. The highest BCUT2D eigenvalue weighted by atomic mass is 32.1. The van der Waals surface area contributed by atoms with Gasteiger partial charge in [0.25, 0.3) is 5.56 Å². The first kappa shape index (κ1) is 24.5. The van der Waals surface area contributed by atoms with Crippen molar-refractivity contribution in [3.05, 3.63) is 68.0 Å². The number of nitrogens with one attached hydrogen (secondary N) is 1. The molecular weight excluding hydrogens is 464 g/mol. The van der Waals surface area contributed by atoms with E-state index in [2.05, 4.69) is 16.9 Å². The average molecular weight is 493 g/mol. The molecule has 3 aromatic rings. The van der Waals surface area contributed by atoms with Crippen molar-refractivity contribution in [2.75, 3.05) is 19.0 Å². The van der Waals surface area contributed by atoms with E-state index in [-0.39, 0.29) is 17.9 Å². The second kappa shape index (κ2) is 9.58. The van der Waals surface area contributed by atoms with Crippen molar-refractivity contribution >= 4 is 45.4 Å². The Hall–Kier alpha value is -3.59. The van der Waals surface area contributed by atoms with E-state index in [4.69, 9.17) is 0 Å². The molecule has 182 valence electrons. The Labute approximate surface area is 207 Å². The zero-order valence-electron chi connectivity index (χ0n) is 20.3. The van der Waals surface area contributed by atoms with Crippen LogP contribution in [0.15, 0.2) is 40.6 Å². The van der Waals surface area contributed by atoms with Gasteiger partial charge in [0.1, 0.15) is 11.9 Å². The molecule has 0 saturated carbocycles. The number of fused-ring (bicyclic) bond motifs is 1. The largest absolute Gasteiger partial charge is 0.377 e. The first-order chi connectivity index (χ1) is 16.6. The number of thiophene rings is 1. The van der Waals surface area contributed by atoms with Gasteiger partial charge in [-0.1, -0.05) is 18.7 Å². The standard InChI is InChI=1S/C26H28N4O4S/c1-14-6-8-17(12-20(14)29(4)5)24(32)21(31)10-11-22-23-18(13-35-22)26(34)30(16(3)28-23)19-9-7-15(2)27-25(19)33/h6,8,12-13,19H,2,7,9-11H2,1,3-5H3,(H,27,33). The molecule has 0 radical (unpaired) electrons. The third-order valence-electron chi connectivity index (χ3n) is 6.33. The van der Waals surface area contributed by atoms with Crippen LogP contribution in [0.2, 0.25) is 0 Å². The Morgan fingerprint density at radius 2 is 2.00 bits per heavy atom. The van der Waals surface area contributed by atoms with Crippen molar-refractivity contribution in [1.82, 2.24) is 14.9 Å². The van der Waals surface area contributed by atoms with E-state index in [1.165, 1.54) is 15.9 Å². The second-order valence-corrected chi connectivity index (χ2v) is 10.0. The van der Waals surface area contributed by atoms with Gasteiger partial charge >= 0.3 is 0 Å². The summed E-state index contributed by atoms with van der Waals surface area (Å²) in [7, 11) is 3.78. The van der Waals surface area contributed by atoms with Crippen LogP contribution < -0.4 is 15.8 Å². The summed E-state index contributed by atoms with van der Waals surface area (Å²) in [4.78, 5) is 58.4. The summed E-state index contributed by atoms with van der Waals surface area (Å²) in [5.74, 6) is -0.830. The van der Waals surface area contributed by atoms with E-state index in [0.29, 0.717) is 47.3 Å². The number of benzene rings is 1. The molecular formula is C26H28N4O4S. The summed E-state index contributed by atoms with van der Waals surface area (Å²) in [5.41, 5.74) is 3.17. The fourth-order valence-corrected chi connectivity index (χ4v) is 5.41. The number of nitrogens with zero attached hydrogens (tertiary/aromatic N) is 3. The fourth-order valence-electron chi connectivity index (χ4n) is 4.45. The summed E-state index contributed by atoms with van der Waals surface area (Å²) in [6.45, 7) is 7.44. The van der Waals surface area contributed by atoms with Gasteiger partial charge in [-0.3, -0.25) is 23.7 Å². The quantitative estimate of drug-likeness (QED) is 0.400. The number of amides is 1. The summed E-state index contributed by atoms with van der Waals surface area (Å²) in [5, 5.41) is 4.85. The number of ketones is 2. The number of allylic oxidation sites excluding steroid dienone is 1. The number of Topliss-reactive ketones (excluding diaryl/α,β-unsaturated/α-hetero) is 2. The van der Waals surface area contributed by atoms with E-state index in [0.717, 1.165) is 16.1 Å². The minimum absolute atomic E-state index is 0.0244. The van der Waals surface area contributed by atoms with Gasteiger partial charge in [0, 0.05) is 47.7 Å². The lowest BCUT2D eigenvalue weighted by Crippen LogP contribution is -2.41. The first-order valence-electron chi connectivity index (χ1n) is 11.4. The lowest BCUT2D eigenvalue weighted by atomic mass is 10.0. The molecule has 1 atom stereocenters. The maximum Gasteiger partial charge on any atom is 0.262 e. The third-order valence-corrected chi connectivity index (χ3v) is 7.36. The molecule has 1 fully saturated rings. The lowest BCUT2D eigenvalue weighted by Gasteiger charge is -2.26. The topological polar surface area (TPSA) is 101 Å². The smallest absolute Gasteiger partial charge is 0.262 e. The molecule has 0 spiro atoms. The number of carbonyl (C=O) groups is 3. The Morgan fingerprint density at radius 3 is 2.69 bits per heavy atom. The van der Waals surface area contributed by atoms with E-state index in [1.807, 2.05) is 32.0 Å². The molecule has 9 heteroatoms. The number of aryl methyl sites for hydroxylation is 3. The predicted octanol–water partition coefficient (Wildman–Crippen LogP) is 3.49. The fraction of sp³-hybridized carbons (Fsp3) is 0.346. The molecule has 1 unspecified atom stereocenters. The maximum absolute atomic E-state index is 13.2. The van der Waals surface area contributed by atoms with Crippen LogP contribution in [0.1, 0.15) is 51.9 Å². The number of hydrogen-bond donors (Lipinski definition) is 1. The van der Waals surface area contributed by atoms with Crippen LogP contribution in [0, 0.1) is 13.8 Å². The molecule has 0 bridgehead atoms. The summed E-state index contributed by atoms with van der Waals surface area (Å²) >= 11 is 1.34. The highest BCUT2D eigenvalue weighted by molar-refractivity contribution is 7.11. The van der Waals surface area contributed by atoms with Gasteiger partial charge < -0.3 is 10.2 Å². The van der Waals surface area contributed by atoms with Crippen molar-refractivity contribution in [3.8, 4) is 0 Å². The SMILES string of the molecule is C=C1CCC(n2c(C)nc3c(CCC(=O)C(=O)c4ccc(C)c(N(C)C)c4)scc3c2=O)C(=O)N1. The summed E-state index contributed by atoms with van der Waals surface area (Å²) < 4.78 is 1.44. The van der Waals surface area contributed by atoms with Gasteiger partial charge in [0.05, 0.1) is 10.9 Å². The van der Waals surface area contributed by atoms with Crippen LogP contribution in [-0.4, -0.2) is 41.1 Å². The molecule has 0 aliphatic carbocycles. The Kier molecular flexibility index (Phi) is 6.71.